The molecule has 0 aromatic heterocycles. The highest BCUT2D eigenvalue weighted by molar-refractivity contribution is 7.99. The van der Waals surface area contributed by atoms with Crippen LogP contribution in [0.2, 0.25) is 0 Å². The number of amides is 1. The van der Waals surface area contributed by atoms with Gasteiger partial charge in [-0.1, -0.05) is 25.3 Å². The molecule has 2 fully saturated rings. The number of carbonyl (C=O) groups excluding carboxylic acids is 1. The fourth-order valence-electron chi connectivity index (χ4n) is 4.13. The van der Waals surface area contributed by atoms with E-state index in [1.54, 1.807) is 0 Å². The van der Waals surface area contributed by atoms with Crippen LogP contribution in [0.3, 0.4) is 0 Å². The molecule has 1 saturated heterocycles. The molecule has 0 radical (unpaired) electrons. The van der Waals surface area contributed by atoms with Gasteiger partial charge in [0.05, 0.1) is 0 Å². The second-order valence-electron chi connectivity index (χ2n) is 7.43. The van der Waals surface area contributed by atoms with Crippen molar-refractivity contribution >= 4 is 17.7 Å². The van der Waals surface area contributed by atoms with Crippen molar-refractivity contribution in [2.45, 2.75) is 57.2 Å². The van der Waals surface area contributed by atoms with Gasteiger partial charge in [0.2, 0.25) is 12.7 Å². The first kappa shape index (κ1) is 18.0. The summed E-state index contributed by atoms with van der Waals surface area (Å²) in [6, 6.07) is 6.73. The molecule has 3 aliphatic rings. The van der Waals surface area contributed by atoms with Crippen LogP contribution in [0, 0.1) is 0 Å². The van der Waals surface area contributed by atoms with E-state index in [1.807, 2.05) is 23.9 Å². The number of rotatable bonds is 5. The molecule has 2 aliphatic heterocycles. The molecule has 0 spiro atoms. The van der Waals surface area contributed by atoms with Gasteiger partial charge in [0.25, 0.3) is 0 Å². The van der Waals surface area contributed by atoms with E-state index < -0.39 is 0 Å². The Morgan fingerprint density at radius 3 is 2.85 bits per heavy atom. The third kappa shape index (κ3) is 4.29. The zero-order valence-electron chi connectivity index (χ0n) is 15.2. The average Bonchev–Trinajstić information content (AvgIpc) is 3.15. The van der Waals surface area contributed by atoms with Crippen LogP contribution >= 0.6 is 11.8 Å². The maximum Gasteiger partial charge on any atom is 0.231 e. The van der Waals surface area contributed by atoms with Crippen molar-refractivity contribution in [1.29, 1.82) is 0 Å². The van der Waals surface area contributed by atoms with Crippen LogP contribution in [0.15, 0.2) is 18.2 Å². The predicted octanol–water partition coefficient (Wildman–Crippen LogP) is 3.17. The fourth-order valence-corrected chi connectivity index (χ4v) is 5.08. The van der Waals surface area contributed by atoms with Crippen LogP contribution < -0.4 is 14.8 Å². The molecule has 142 valence electrons. The van der Waals surface area contributed by atoms with Crippen LogP contribution in [0.25, 0.3) is 0 Å². The van der Waals surface area contributed by atoms with Crippen LogP contribution in [-0.4, -0.2) is 47.7 Å². The number of carbonyl (C=O) groups is 1. The van der Waals surface area contributed by atoms with Crippen molar-refractivity contribution in [3.05, 3.63) is 23.8 Å². The topological polar surface area (TPSA) is 50.8 Å². The van der Waals surface area contributed by atoms with Crippen LogP contribution in [0.1, 0.15) is 44.1 Å². The maximum absolute atomic E-state index is 13.2. The van der Waals surface area contributed by atoms with E-state index in [2.05, 4.69) is 16.3 Å². The molecule has 1 aromatic rings. The van der Waals surface area contributed by atoms with Crippen LogP contribution in [0.4, 0.5) is 0 Å². The van der Waals surface area contributed by atoms with Gasteiger partial charge in [-0.2, -0.15) is 11.8 Å². The molecule has 1 N–H and O–H groups in total. The number of hydrogen-bond donors (Lipinski definition) is 1. The molecule has 26 heavy (non-hydrogen) atoms. The Morgan fingerprint density at radius 2 is 2.04 bits per heavy atom. The maximum atomic E-state index is 13.2. The third-order valence-electron chi connectivity index (χ3n) is 5.55. The SMILES string of the molecule is O=C(CC1CSCCN1)N(Cc1ccc2c(c1)OCO2)C1CCCCC1. The van der Waals surface area contributed by atoms with E-state index in [1.165, 1.54) is 19.3 Å². The highest BCUT2D eigenvalue weighted by Gasteiger charge is 2.28. The summed E-state index contributed by atoms with van der Waals surface area (Å²) in [5, 5.41) is 3.50. The van der Waals surface area contributed by atoms with Crippen molar-refractivity contribution < 1.29 is 14.3 Å². The minimum Gasteiger partial charge on any atom is -0.454 e. The highest BCUT2D eigenvalue weighted by Crippen LogP contribution is 2.33. The number of benzene rings is 1. The largest absolute Gasteiger partial charge is 0.454 e. The van der Waals surface area contributed by atoms with E-state index in [0.29, 0.717) is 25.0 Å². The zero-order chi connectivity index (χ0) is 17.8. The Bertz CT molecular complexity index is 627. The lowest BCUT2D eigenvalue weighted by Gasteiger charge is -2.36. The molecule has 1 atom stereocenters. The smallest absolute Gasteiger partial charge is 0.231 e. The second-order valence-corrected chi connectivity index (χ2v) is 8.58. The monoisotopic (exact) mass is 376 g/mol. The Balaban J connectivity index is 1.47. The molecule has 4 rings (SSSR count). The fraction of sp³-hybridized carbons (Fsp3) is 0.650. The van der Waals surface area contributed by atoms with Crippen molar-refractivity contribution in [2.24, 2.45) is 0 Å². The third-order valence-corrected chi connectivity index (χ3v) is 6.68. The molecule has 1 aromatic carbocycles. The Morgan fingerprint density at radius 1 is 1.19 bits per heavy atom. The van der Waals surface area contributed by atoms with Gasteiger partial charge in [0, 0.05) is 43.1 Å². The second kappa shape index (κ2) is 8.53. The standard InChI is InChI=1S/C20H28N2O3S/c23-20(11-16-13-26-9-8-21-16)22(17-4-2-1-3-5-17)12-15-6-7-18-19(10-15)25-14-24-18/h6-7,10,16-17,21H,1-5,8-9,11-14H2. The summed E-state index contributed by atoms with van der Waals surface area (Å²) in [6.45, 7) is 1.96. The molecule has 0 bridgehead atoms. The average molecular weight is 377 g/mol. The Labute approximate surface area is 159 Å². The summed E-state index contributed by atoms with van der Waals surface area (Å²) in [4.78, 5) is 15.3. The molecule has 1 aliphatic carbocycles. The summed E-state index contributed by atoms with van der Waals surface area (Å²) < 4.78 is 10.9. The lowest BCUT2D eigenvalue weighted by Crippen LogP contribution is -2.46. The van der Waals surface area contributed by atoms with Gasteiger partial charge in [0.1, 0.15) is 0 Å². The Kier molecular flexibility index (Phi) is 5.90. The quantitative estimate of drug-likeness (QED) is 0.855. The van der Waals surface area contributed by atoms with E-state index in [9.17, 15) is 4.79 Å². The van der Waals surface area contributed by atoms with Gasteiger partial charge in [-0.15, -0.1) is 0 Å². The van der Waals surface area contributed by atoms with Crippen molar-refractivity contribution in [3.8, 4) is 11.5 Å². The predicted molar refractivity (Wildman–Crippen MR) is 104 cm³/mol. The minimum absolute atomic E-state index is 0.287. The van der Waals surface area contributed by atoms with E-state index in [0.717, 1.165) is 48.0 Å². The Hall–Kier alpha value is -1.40. The normalized spacial score (nSPS) is 23.0. The molecule has 5 nitrogen and oxygen atoms in total. The summed E-state index contributed by atoms with van der Waals surface area (Å²) in [6.07, 6.45) is 6.62. The first-order valence-corrected chi connectivity index (χ1v) is 10.9. The number of ether oxygens (including phenoxy) is 2. The number of hydrogen-bond acceptors (Lipinski definition) is 5. The first-order valence-electron chi connectivity index (χ1n) is 9.79. The first-order chi connectivity index (χ1) is 12.8. The van der Waals surface area contributed by atoms with E-state index in [-0.39, 0.29) is 12.7 Å². The summed E-state index contributed by atoms with van der Waals surface area (Å²) >= 11 is 1.95. The lowest BCUT2D eigenvalue weighted by molar-refractivity contribution is -0.135. The van der Waals surface area contributed by atoms with Gasteiger partial charge in [-0.3, -0.25) is 4.79 Å². The summed E-state index contributed by atoms with van der Waals surface area (Å²) in [5.41, 5.74) is 1.12. The van der Waals surface area contributed by atoms with Crippen molar-refractivity contribution in [1.82, 2.24) is 10.2 Å². The molecular formula is C20H28N2O3S. The van der Waals surface area contributed by atoms with E-state index >= 15 is 0 Å². The number of thioether (sulfide) groups is 1. The van der Waals surface area contributed by atoms with Gasteiger partial charge in [-0.05, 0) is 30.5 Å². The minimum atomic E-state index is 0.287. The number of fused-ring (bicyclic) bond motifs is 1. The number of nitrogens with one attached hydrogen (secondary N) is 1. The van der Waals surface area contributed by atoms with Crippen LogP contribution in [-0.2, 0) is 11.3 Å². The van der Waals surface area contributed by atoms with Crippen molar-refractivity contribution in [2.75, 3.05) is 24.8 Å². The van der Waals surface area contributed by atoms with Crippen LogP contribution in [0.5, 0.6) is 11.5 Å². The van der Waals surface area contributed by atoms with Gasteiger partial charge in [-0.25, -0.2) is 0 Å². The lowest BCUT2D eigenvalue weighted by atomic mass is 9.93. The molecule has 2 heterocycles. The van der Waals surface area contributed by atoms with Gasteiger partial charge >= 0.3 is 0 Å². The van der Waals surface area contributed by atoms with Crippen molar-refractivity contribution in [3.63, 3.8) is 0 Å². The summed E-state index contributed by atoms with van der Waals surface area (Å²) in [5.74, 6) is 4.06. The molecule has 1 amide bonds. The molecule has 1 saturated carbocycles. The summed E-state index contributed by atoms with van der Waals surface area (Å²) in [7, 11) is 0. The van der Waals surface area contributed by atoms with E-state index in [4.69, 9.17) is 9.47 Å². The van der Waals surface area contributed by atoms with Gasteiger partial charge < -0.3 is 19.7 Å². The molecule has 1 unspecified atom stereocenters. The molecular weight excluding hydrogens is 348 g/mol. The highest BCUT2D eigenvalue weighted by atomic mass is 32.2. The van der Waals surface area contributed by atoms with Gasteiger partial charge in [0.15, 0.2) is 11.5 Å². The number of nitrogens with zero attached hydrogens (tertiary/aromatic N) is 1. The molecule has 6 heteroatoms. The zero-order valence-corrected chi connectivity index (χ0v) is 16.1.